The molecule has 3 heterocycles. The first-order valence-corrected chi connectivity index (χ1v) is 13.4. The second-order valence-electron chi connectivity index (χ2n) is 11.1. The summed E-state index contributed by atoms with van der Waals surface area (Å²) < 4.78 is 6.72. The minimum Gasteiger partial charge on any atom is -0.394 e. The Labute approximate surface area is 214 Å². The van der Waals surface area contributed by atoms with Crippen molar-refractivity contribution in [3.8, 4) is 0 Å². The van der Waals surface area contributed by atoms with Crippen LogP contribution in [0.5, 0.6) is 0 Å². The van der Waals surface area contributed by atoms with Gasteiger partial charge in [-0.05, 0) is 44.6 Å². The van der Waals surface area contributed by atoms with Gasteiger partial charge in [0.25, 0.3) is 0 Å². The lowest BCUT2D eigenvalue weighted by Crippen LogP contribution is -2.59. The molecule has 4 unspecified atom stereocenters. The minimum absolute atomic E-state index is 0.0217. The number of amides is 3. The molecule has 3 aliphatic heterocycles. The average Bonchev–Trinajstić information content (AvgIpc) is 3.36. The van der Waals surface area contributed by atoms with E-state index in [4.69, 9.17) is 4.74 Å². The number of ether oxygens (including phenoxy) is 1. The summed E-state index contributed by atoms with van der Waals surface area (Å²) in [5.74, 6) is -2.28. The van der Waals surface area contributed by atoms with Crippen molar-refractivity contribution < 1.29 is 24.2 Å². The van der Waals surface area contributed by atoms with E-state index in [9.17, 15) is 19.5 Å². The first kappa shape index (κ1) is 26.6. The van der Waals surface area contributed by atoms with Crippen LogP contribution in [0.2, 0.25) is 0 Å². The fraction of sp³-hybridized carbons (Fsp3) is 0.679. The summed E-state index contributed by atoms with van der Waals surface area (Å²) in [7, 11) is 0. The van der Waals surface area contributed by atoms with E-state index in [0.29, 0.717) is 19.4 Å². The zero-order valence-electron chi connectivity index (χ0n) is 22.1. The van der Waals surface area contributed by atoms with Gasteiger partial charge < -0.3 is 25.4 Å². The number of nitrogens with one attached hydrogen (secondary N) is 2. The van der Waals surface area contributed by atoms with Crippen molar-refractivity contribution in [2.24, 2.45) is 17.8 Å². The van der Waals surface area contributed by atoms with Gasteiger partial charge in [-0.25, -0.2) is 0 Å². The molecular weight excluding hydrogens is 458 g/mol. The van der Waals surface area contributed by atoms with Gasteiger partial charge in [-0.1, -0.05) is 57.5 Å². The first-order valence-electron chi connectivity index (χ1n) is 13.4. The van der Waals surface area contributed by atoms with Gasteiger partial charge in [0.2, 0.25) is 17.7 Å². The second-order valence-corrected chi connectivity index (χ2v) is 11.1. The third kappa shape index (κ3) is 4.12. The van der Waals surface area contributed by atoms with Gasteiger partial charge in [-0.3, -0.25) is 14.4 Å². The zero-order valence-corrected chi connectivity index (χ0v) is 22.1. The zero-order chi connectivity index (χ0) is 26.3. The van der Waals surface area contributed by atoms with Gasteiger partial charge in [0, 0.05) is 12.6 Å². The molecule has 3 amide bonds. The quantitative estimate of drug-likeness (QED) is 0.458. The standard InChI is InChI=1S/C28H41N3O5/c1-6-11-18(4)30-25(34)23-28-14-17(3)27(5,36-28)21(22(28)26(35)31(23)20(7-2)16-32)24(33)29-15-19-12-9-8-10-13-19/h8-10,12-13,17-18,20-23,32H,6-7,11,14-16H2,1-5H3,(H,29,33)(H,30,34)/t17?,18?,20-,21-,22-,23?,27+,28?/m0/s1. The fourth-order valence-corrected chi connectivity index (χ4v) is 6.91. The van der Waals surface area contributed by atoms with E-state index in [1.165, 1.54) is 4.90 Å². The summed E-state index contributed by atoms with van der Waals surface area (Å²) in [6.07, 6.45) is 2.75. The maximum absolute atomic E-state index is 14.1. The molecule has 8 heteroatoms. The van der Waals surface area contributed by atoms with E-state index < -0.39 is 35.1 Å². The number of hydrogen-bond donors (Lipinski definition) is 3. The van der Waals surface area contributed by atoms with Crippen molar-refractivity contribution in [2.75, 3.05) is 6.61 Å². The van der Waals surface area contributed by atoms with Crippen LogP contribution in [0.1, 0.15) is 65.9 Å². The molecule has 2 bridgehead atoms. The van der Waals surface area contributed by atoms with E-state index in [1.54, 1.807) is 0 Å². The number of carbonyl (C=O) groups is 3. The highest BCUT2D eigenvalue weighted by atomic mass is 16.5. The van der Waals surface area contributed by atoms with Crippen molar-refractivity contribution >= 4 is 17.7 Å². The van der Waals surface area contributed by atoms with Crippen LogP contribution in [0, 0.1) is 17.8 Å². The van der Waals surface area contributed by atoms with Crippen LogP contribution < -0.4 is 10.6 Å². The highest BCUT2D eigenvalue weighted by molar-refractivity contribution is 5.99. The Bertz CT molecular complexity index is 983. The summed E-state index contributed by atoms with van der Waals surface area (Å²) in [4.78, 5) is 43.1. The molecule has 3 saturated heterocycles. The van der Waals surface area contributed by atoms with Gasteiger partial charge in [0.1, 0.15) is 11.6 Å². The molecule has 0 aromatic heterocycles. The third-order valence-corrected chi connectivity index (χ3v) is 8.78. The van der Waals surface area contributed by atoms with Crippen LogP contribution in [-0.2, 0) is 25.7 Å². The maximum Gasteiger partial charge on any atom is 0.246 e. The van der Waals surface area contributed by atoms with Crippen molar-refractivity contribution in [1.29, 1.82) is 0 Å². The number of rotatable bonds is 10. The highest BCUT2D eigenvalue weighted by Gasteiger charge is 2.80. The molecule has 198 valence electrons. The molecule has 8 nitrogen and oxygen atoms in total. The Morgan fingerprint density at radius 1 is 1.22 bits per heavy atom. The van der Waals surface area contributed by atoms with Crippen LogP contribution in [0.25, 0.3) is 0 Å². The van der Waals surface area contributed by atoms with Gasteiger partial charge in [0.05, 0.1) is 30.1 Å². The maximum atomic E-state index is 14.1. The number of hydrogen-bond acceptors (Lipinski definition) is 5. The van der Waals surface area contributed by atoms with Crippen LogP contribution in [0.15, 0.2) is 30.3 Å². The molecule has 3 fully saturated rings. The predicted octanol–water partition coefficient (Wildman–Crippen LogP) is 2.39. The summed E-state index contributed by atoms with van der Waals surface area (Å²) in [5, 5.41) is 16.3. The monoisotopic (exact) mass is 499 g/mol. The highest BCUT2D eigenvalue weighted by Crippen LogP contribution is 2.65. The molecule has 1 aromatic rings. The molecular formula is C28H41N3O5. The molecule has 1 spiro atoms. The van der Waals surface area contributed by atoms with Crippen LogP contribution in [0.4, 0.5) is 0 Å². The second kappa shape index (κ2) is 10.1. The Kier molecular flexibility index (Phi) is 7.49. The molecule has 1 aromatic carbocycles. The van der Waals surface area contributed by atoms with E-state index >= 15 is 0 Å². The number of carbonyl (C=O) groups excluding carboxylic acids is 3. The van der Waals surface area contributed by atoms with Gasteiger partial charge >= 0.3 is 0 Å². The van der Waals surface area contributed by atoms with Crippen molar-refractivity contribution in [3.05, 3.63) is 35.9 Å². The number of likely N-dealkylation sites (tertiary alicyclic amines) is 1. The Morgan fingerprint density at radius 3 is 2.53 bits per heavy atom. The molecule has 36 heavy (non-hydrogen) atoms. The number of nitrogens with zero attached hydrogens (tertiary/aromatic N) is 1. The summed E-state index contributed by atoms with van der Waals surface area (Å²) in [6, 6.07) is 8.18. The number of benzene rings is 1. The van der Waals surface area contributed by atoms with Crippen LogP contribution >= 0.6 is 0 Å². The predicted molar refractivity (Wildman–Crippen MR) is 136 cm³/mol. The molecule has 4 rings (SSSR count). The van der Waals surface area contributed by atoms with Gasteiger partial charge in [-0.2, -0.15) is 0 Å². The number of fused-ring (bicyclic) bond motifs is 1. The van der Waals surface area contributed by atoms with E-state index in [-0.39, 0.29) is 36.3 Å². The van der Waals surface area contributed by atoms with Crippen LogP contribution in [-0.4, -0.2) is 63.7 Å². The molecule has 0 radical (unpaired) electrons. The lowest BCUT2D eigenvalue weighted by molar-refractivity contribution is -0.151. The van der Waals surface area contributed by atoms with Crippen molar-refractivity contribution in [1.82, 2.24) is 15.5 Å². The Balaban J connectivity index is 1.70. The summed E-state index contributed by atoms with van der Waals surface area (Å²) in [6.45, 7) is 9.95. The largest absolute Gasteiger partial charge is 0.394 e. The van der Waals surface area contributed by atoms with Gasteiger partial charge in [0.15, 0.2) is 0 Å². The smallest absolute Gasteiger partial charge is 0.246 e. The van der Waals surface area contributed by atoms with Crippen molar-refractivity contribution in [3.63, 3.8) is 0 Å². The normalized spacial score (nSPS) is 34.4. The Morgan fingerprint density at radius 2 is 1.92 bits per heavy atom. The number of aliphatic hydroxyl groups is 1. The fourth-order valence-electron chi connectivity index (χ4n) is 6.91. The average molecular weight is 500 g/mol. The summed E-state index contributed by atoms with van der Waals surface area (Å²) in [5.41, 5.74) is -0.990. The topological polar surface area (TPSA) is 108 Å². The van der Waals surface area contributed by atoms with Gasteiger partial charge in [-0.15, -0.1) is 0 Å². The SMILES string of the molecule is CCCC(C)NC(=O)C1N([C@@H](CC)CO)C(=O)[C@@H]2[C@@H](C(=O)NCc3ccccc3)[C@]3(C)OC12CC3C. The lowest BCUT2D eigenvalue weighted by Gasteiger charge is -2.37. The molecule has 0 aliphatic carbocycles. The third-order valence-electron chi connectivity index (χ3n) is 8.78. The van der Waals surface area contributed by atoms with Crippen molar-refractivity contribution in [2.45, 2.75) is 96.2 Å². The lowest BCUT2D eigenvalue weighted by atomic mass is 9.62. The molecule has 3 aliphatic rings. The molecule has 0 saturated carbocycles. The van der Waals surface area contributed by atoms with E-state index in [2.05, 4.69) is 17.6 Å². The van der Waals surface area contributed by atoms with E-state index in [0.717, 1.165) is 18.4 Å². The Hall–Kier alpha value is -2.45. The molecule has 3 N–H and O–H groups in total. The first-order chi connectivity index (χ1) is 17.1. The van der Waals surface area contributed by atoms with Crippen LogP contribution in [0.3, 0.4) is 0 Å². The molecule has 8 atom stereocenters. The minimum atomic E-state index is -1.10. The number of aliphatic hydroxyl groups excluding tert-OH is 1. The van der Waals surface area contributed by atoms with E-state index in [1.807, 2.05) is 58.0 Å². The summed E-state index contributed by atoms with van der Waals surface area (Å²) >= 11 is 0.